The molecular weight excluding hydrogens is 386 g/mol. The molecule has 0 atom stereocenters. The second kappa shape index (κ2) is 7.10. The number of hydrogen-bond donors (Lipinski definition) is 0. The first-order chi connectivity index (χ1) is 14.2. The summed E-state index contributed by atoms with van der Waals surface area (Å²) in [6, 6.07) is 16.8. The number of aryl methyl sites for hydroxylation is 1. The van der Waals surface area contributed by atoms with Crippen LogP contribution in [0.1, 0.15) is 11.9 Å². The summed E-state index contributed by atoms with van der Waals surface area (Å²) in [4.78, 5) is 21.4. The van der Waals surface area contributed by atoms with Crippen molar-refractivity contribution in [3.8, 4) is 34.1 Å². The fourth-order valence-corrected chi connectivity index (χ4v) is 3.84. The first-order valence-corrected chi connectivity index (χ1v) is 10.0. The fourth-order valence-electron chi connectivity index (χ4n) is 3.08. The molecule has 0 aliphatic carbocycles. The molecule has 0 aliphatic heterocycles. The molecule has 0 aliphatic rings. The second-order valence-corrected chi connectivity index (χ2v) is 7.41. The van der Waals surface area contributed by atoms with Gasteiger partial charge in [-0.25, -0.2) is 9.78 Å². The number of nitrogens with zero attached hydrogens (tertiary/aromatic N) is 3. The minimum atomic E-state index is -0.512. The largest absolute Gasteiger partial charge is 0.422 e. The molecule has 0 radical (unpaired) electrons. The molecule has 3 heterocycles. The van der Waals surface area contributed by atoms with E-state index in [2.05, 4.69) is 22.0 Å². The van der Waals surface area contributed by atoms with Crippen molar-refractivity contribution in [2.24, 2.45) is 0 Å². The average molecular weight is 401 g/mol. The Morgan fingerprint density at radius 2 is 1.86 bits per heavy atom. The number of para-hydroxylation sites is 1. The maximum Gasteiger partial charge on any atom is 0.349 e. The molecule has 0 spiro atoms. The van der Waals surface area contributed by atoms with E-state index in [1.54, 1.807) is 23.5 Å². The lowest BCUT2D eigenvalue weighted by Gasteiger charge is -1.99. The lowest BCUT2D eigenvalue weighted by Crippen LogP contribution is -2.02. The summed E-state index contributed by atoms with van der Waals surface area (Å²) in [5.74, 6) is 0.534. The summed E-state index contributed by atoms with van der Waals surface area (Å²) in [7, 11) is 0. The van der Waals surface area contributed by atoms with Gasteiger partial charge in [0.15, 0.2) is 0 Å². The van der Waals surface area contributed by atoms with E-state index < -0.39 is 5.63 Å². The summed E-state index contributed by atoms with van der Waals surface area (Å²) < 4.78 is 10.7. The highest BCUT2D eigenvalue weighted by Gasteiger charge is 2.16. The minimum Gasteiger partial charge on any atom is -0.422 e. The summed E-state index contributed by atoms with van der Waals surface area (Å²) in [6.45, 7) is 2.09. The predicted molar refractivity (Wildman–Crippen MR) is 112 cm³/mol. The molecule has 0 fully saturated rings. The monoisotopic (exact) mass is 401 g/mol. The molecule has 0 N–H and O–H groups in total. The van der Waals surface area contributed by atoms with E-state index in [-0.39, 0.29) is 11.5 Å². The number of rotatable bonds is 4. The third kappa shape index (κ3) is 3.25. The van der Waals surface area contributed by atoms with Crippen LogP contribution in [0.15, 0.2) is 73.7 Å². The van der Waals surface area contributed by atoms with Crippen LogP contribution in [0.2, 0.25) is 0 Å². The van der Waals surface area contributed by atoms with Gasteiger partial charge in [-0.1, -0.05) is 48.5 Å². The normalized spacial score (nSPS) is 11.2. The Labute approximate surface area is 169 Å². The van der Waals surface area contributed by atoms with Crippen LogP contribution >= 0.6 is 11.3 Å². The highest BCUT2D eigenvalue weighted by Crippen LogP contribution is 2.28. The zero-order valence-electron chi connectivity index (χ0n) is 15.5. The van der Waals surface area contributed by atoms with Gasteiger partial charge in [0.1, 0.15) is 11.1 Å². The second-order valence-electron chi connectivity index (χ2n) is 6.47. The molecule has 0 saturated carbocycles. The van der Waals surface area contributed by atoms with Crippen molar-refractivity contribution < 1.29 is 8.94 Å². The molecule has 29 heavy (non-hydrogen) atoms. The summed E-state index contributed by atoms with van der Waals surface area (Å²) in [5.41, 5.74) is 2.94. The third-order valence-corrected chi connectivity index (χ3v) is 5.56. The SMILES string of the molecule is CCc1nc(-c2cccc(-c3noc(-c4cc5ccccc5oc4=O)n3)c2)cs1. The standard InChI is InChI=1S/C22H15N3O3S/c1-2-19-23-17(12-29-19)13-7-5-8-15(10-13)20-24-21(28-25-20)16-11-14-6-3-4-9-18(14)27-22(16)26/h3-12H,2H2,1H3. The van der Waals surface area contributed by atoms with Gasteiger partial charge in [-0.3, -0.25) is 0 Å². The molecule has 0 amide bonds. The van der Waals surface area contributed by atoms with Gasteiger partial charge in [0.2, 0.25) is 5.82 Å². The van der Waals surface area contributed by atoms with E-state index >= 15 is 0 Å². The van der Waals surface area contributed by atoms with Gasteiger partial charge in [0.05, 0.1) is 10.7 Å². The van der Waals surface area contributed by atoms with Crippen molar-refractivity contribution in [3.63, 3.8) is 0 Å². The Morgan fingerprint density at radius 1 is 1.00 bits per heavy atom. The van der Waals surface area contributed by atoms with E-state index in [0.29, 0.717) is 11.4 Å². The maximum atomic E-state index is 12.3. The lowest BCUT2D eigenvalue weighted by atomic mass is 10.1. The van der Waals surface area contributed by atoms with Crippen LogP contribution in [0.25, 0.3) is 45.1 Å². The van der Waals surface area contributed by atoms with Gasteiger partial charge in [0, 0.05) is 21.9 Å². The molecule has 0 saturated heterocycles. The number of aromatic nitrogens is 3. The Bertz CT molecular complexity index is 1380. The van der Waals surface area contributed by atoms with Gasteiger partial charge in [-0.2, -0.15) is 4.98 Å². The van der Waals surface area contributed by atoms with Crippen LogP contribution in [0.5, 0.6) is 0 Å². The van der Waals surface area contributed by atoms with E-state index in [9.17, 15) is 4.79 Å². The van der Waals surface area contributed by atoms with E-state index in [1.807, 2.05) is 47.8 Å². The first-order valence-electron chi connectivity index (χ1n) is 9.13. The minimum absolute atomic E-state index is 0.131. The molecule has 5 rings (SSSR count). The van der Waals surface area contributed by atoms with Gasteiger partial charge in [-0.05, 0) is 24.6 Å². The molecule has 142 valence electrons. The predicted octanol–water partition coefficient (Wildman–Crippen LogP) is 5.20. The highest BCUT2D eigenvalue weighted by molar-refractivity contribution is 7.09. The summed E-state index contributed by atoms with van der Waals surface area (Å²) >= 11 is 1.64. The third-order valence-electron chi connectivity index (χ3n) is 4.57. The quantitative estimate of drug-likeness (QED) is 0.385. The van der Waals surface area contributed by atoms with Crippen LogP contribution < -0.4 is 5.63 Å². The molecule has 3 aromatic heterocycles. The topological polar surface area (TPSA) is 82.0 Å². The zero-order chi connectivity index (χ0) is 19.8. The van der Waals surface area contributed by atoms with Crippen LogP contribution in [-0.2, 0) is 6.42 Å². The smallest absolute Gasteiger partial charge is 0.349 e. The van der Waals surface area contributed by atoms with Crippen molar-refractivity contribution in [1.29, 1.82) is 0 Å². The summed E-state index contributed by atoms with van der Waals surface area (Å²) in [6.07, 6.45) is 0.910. The molecule has 7 heteroatoms. The van der Waals surface area contributed by atoms with Gasteiger partial charge < -0.3 is 8.94 Å². The van der Waals surface area contributed by atoms with E-state index in [1.165, 1.54) is 0 Å². The van der Waals surface area contributed by atoms with Crippen LogP contribution in [0.3, 0.4) is 0 Å². The van der Waals surface area contributed by atoms with Gasteiger partial charge >= 0.3 is 5.63 Å². The van der Waals surface area contributed by atoms with E-state index in [0.717, 1.165) is 33.6 Å². The summed E-state index contributed by atoms with van der Waals surface area (Å²) in [5, 5.41) is 7.98. The molecule has 6 nitrogen and oxygen atoms in total. The van der Waals surface area contributed by atoms with Crippen molar-refractivity contribution in [2.45, 2.75) is 13.3 Å². The van der Waals surface area contributed by atoms with Crippen molar-refractivity contribution in [3.05, 3.63) is 75.4 Å². The number of fused-ring (bicyclic) bond motifs is 1. The van der Waals surface area contributed by atoms with Crippen LogP contribution in [0, 0.1) is 0 Å². The van der Waals surface area contributed by atoms with Crippen molar-refractivity contribution in [2.75, 3.05) is 0 Å². The van der Waals surface area contributed by atoms with Gasteiger partial charge in [-0.15, -0.1) is 11.3 Å². The zero-order valence-corrected chi connectivity index (χ0v) is 16.3. The van der Waals surface area contributed by atoms with Crippen LogP contribution in [0.4, 0.5) is 0 Å². The average Bonchev–Trinajstić information content (AvgIpc) is 3.43. The molecule has 5 aromatic rings. The molecule has 2 aromatic carbocycles. The Balaban J connectivity index is 1.53. The fraction of sp³-hybridized carbons (Fsp3) is 0.0909. The molecule has 0 bridgehead atoms. The Kier molecular flexibility index (Phi) is 4.29. The van der Waals surface area contributed by atoms with Gasteiger partial charge in [0.25, 0.3) is 5.89 Å². The number of thiazole rings is 1. The van der Waals surface area contributed by atoms with E-state index in [4.69, 9.17) is 8.94 Å². The van der Waals surface area contributed by atoms with Crippen LogP contribution in [-0.4, -0.2) is 15.1 Å². The van der Waals surface area contributed by atoms with Crippen molar-refractivity contribution >= 4 is 22.3 Å². The number of hydrogen-bond acceptors (Lipinski definition) is 7. The maximum absolute atomic E-state index is 12.3. The van der Waals surface area contributed by atoms with Crippen molar-refractivity contribution in [1.82, 2.24) is 15.1 Å². The lowest BCUT2D eigenvalue weighted by molar-refractivity contribution is 0.429. The first kappa shape index (κ1) is 17.5. The number of benzene rings is 2. The molecule has 0 unspecified atom stereocenters. The highest BCUT2D eigenvalue weighted by atomic mass is 32.1. The Hall–Kier alpha value is -3.58. The Morgan fingerprint density at radius 3 is 2.72 bits per heavy atom. The molecular formula is C22H15N3O3S.